The van der Waals surface area contributed by atoms with Crippen molar-refractivity contribution in [2.75, 3.05) is 20.3 Å². The molecule has 8 bridgehead atoms. The van der Waals surface area contributed by atoms with Gasteiger partial charge in [0.15, 0.2) is 0 Å². The van der Waals surface area contributed by atoms with Gasteiger partial charge in [-0.25, -0.2) is 0 Å². The lowest BCUT2D eigenvalue weighted by Gasteiger charge is -2.34. The fraction of sp³-hybridized carbons (Fsp3) is 0.323. The van der Waals surface area contributed by atoms with Crippen LogP contribution in [0.3, 0.4) is 0 Å². The van der Waals surface area contributed by atoms with Crippen molar-refractivity contribution in [1.29, 1.82) is 0 Å². The van der Waals surface area contributed by atoms with Crippen molar-refractivity contribution >= 4 is 22.9 Å². The van der Waals surface area contributed by atoms with Gasteiger partial charge in [-0.2, -0.15) is 0 Å². The van der Waals surface area contributed by atoms with Crippen molar-refractivity contribution in [3.8, 4) is 62.9 Å². The predicted octanol–water partition coefficient (Wildman–Crippen LogP) is 17.9. The zero-order valence-corrected chi connectivity index (χ0v) is 40.2. The van der Waals surface area contributed by atoms with Gasteiger partial charge in [-0.1, -0.05) is 127 Å². The van der Waals surface area contributed by atoms with Crippen LogP contribution in [0.25, 0.3) is 34.1 Å². The van der Waals surface area contributed by atoms with Crippen LogP contribution in [-0.4, -0.2) is 20.3 Å². The first-order valence-electron chi connectivity index (χ1n) is 25.2. The van der Waals surface area contributed by atoms with Gasteiger partial charge >= 0.3 is 0 Å². The molecule has 0 amide bonds. The third-order valence-corrected chi connectivity index (χ3v) is 13.6. The Hall–Kier alpha value is -6.66. The van der Waals surface area contributed by atoms with E-state index in [4.69, 9.17) is 28.4 Å². The second-order valence-electron chi connectivity index (χ2n) is 18.4. The molecule has 0 spiro atoms. The summed E-state index contributed by atoms with van der Waals surface area (Å²) in [5.74, 6) is 7.05. The van der Waals surface area contributed by atoms with E-state index >= 15 is 0 Å². The van der Waals surface area contributed by atoms with Gasteiger partial charge in [0.1, 0.15) is 51.7 Å². The zero-order chi connectivity index (χ0) is 46.5. The molecule has 0 aromatic heterocycles. The second kappa shape index (κ2) is 22.4. The average Bonchev–Trinajstić information content (AvgIpc) is 3.65. The van der Waals surface area contributed by atoms with Crippen LogP contribution in [0.5, 0.6) is 51.7 Å². The molecule has 68 heavy (non-hydrogen) atoms. The third-order valence-electron chi connectivity index (χ3n) is 13.6. The van der Waals surface area contributed by atoms with E-state index in [1.165, 1.54) is 73.6 Å². The number of ether oxygens (including phenoxy) is 6. The molecule has 0 unspecified atom stereocenters. The molecular weight excluding hydrogens is 841 g/mol. The highest BCUT2D eigenvalue weighted by molar-refractivity contribution is 6.09. The van der Waals surface area contributed by atoms with Gasteiger partial charge in [0.2, 0.25) is 0 Å². The molecule has 14 rings (SSSR count). The Morgan fingerprint density at radius 1 is 0.471 bits per heavy atom. The van der Waals surface area contributed by atoms with Crippen LogP contribution < -0.4 is 28.4 Å². The molecule has 6 aliphatic heterocycles. The normalized spacial score (nSPS) is 15.9. The number of hydrogen-bond donors (Lipinski definition) is 0. The fourth-order valence-corrected chi connectivity index (χ4v) is 10.4. The van der Waals surface area contributed by atoms with Gasteiger partial charge in [0.05, 0.1) is 20.3 Å². The molecule has 7 aromatic rings. The van der Waals surface area contributed by atoms with Crippen molar-refractivity contribution in [1.82, 2.24) is 0 Å². The highest BCUT2D eigenvalue weighted by atomic mass is 16.5. The molecule has 7 aromatic carbocycles. The van der Waals surface area contributed by atoms with Crippen LogP contribution in [0.15, 0.2) is 140 Å². The summed E-state index contributed by atoms with van der Waals surface area (Å²) >= 11 is 0. The molecule has 0 N–H and O–H groups in total. The number of fused-ring (bicyclic) bond motifs is 7. The van der Waals surface area contributed by atoms with Gasteiger partial charge in [0.25, 0.3) is 0 Å². The van der Waals surface area contributed by atoms with Crippen molar-refractivity contribution in [2.45, 2.75) is 109 Å². The maximum absolute atomic E-state index is 7.20. The minimum Gasteiger partial charge on any atom is -0.497 e. The second-order valence-corrected chi connectivity index (χ2v) is 18.4. The summed E-state index contributed by atoms with van der Waals surface area (Å²) in [6, 6.07) is 47.6. The van der Waals surface area contributed by atoms with Crippen molar-refractivity contribution in [3.63, 3.8) is 0 Å². The number of hydrogen-bond acceptors (Lipinski definition) is 6. The zero-order valence-electron chi connectivity index (χ0n) is 40.2. The molecule has 0 atom stereocenters. The van der Waals surface area contributed by atoms with E-state index in [0.29, 0.717) is 5.75 Å². The van der Waals surface area contributed by atoms with E-state index in [1.807, 2.05) is 84.9 Å². The largest absolute Gasteiger partial charge is 0.497 e. The third kappa shape index (κ3) is 10.7. The van der Waals surface area contributed by atoms with Crippen LogP contribution in [-0.2, 0) is 5.41 Å². The predicted molar refractivity (Wildman–Crippen MR) is 279 cm³/mol. The van der Waals surface area contributed by atoms with Crippen LogP contribution in [0.1, 0.15) is 126 Å². The Bertz CT molecular complexity index is 2750. The number of rotatable bonds is 5. The van der Waals surface area contributed by atoms with Crippen molar-refractivity contribution in [3.05, 3.63) is 162 Å². The van der Waals surface area contributed by atoms with E-state index in [2.05, 4.69) is 80.6 Å². The summed E-state index contributed by atoms with van der Waals surface area (Å²) in [6.07, 6.45) is 20.9. The van der Waals surface area contributed by atoms with E-state index in [0.717, 1.165) is 120 Å². The molecule has 1 aliphatic carbocycles. The first-order chi connectivity index (χ1) is 33.5. The van der Waals surface area contributed by atoms with Gasteiger partial charge in [0, 0.05) is 16.4 Å². The van der Waals surface area contributed by atoms with Crippen molar-refractivity contribution in [2.24, 2.45) is 0 Å². The molecule has 6 heteroatoms. The van der Waals surface area contributed by atoms with Gasteiger partial charge < -0.3 is 28.4 Å². The highest BCUT2D eigenvalue weighted by Gasteiger charge is 2.45. The van der Waals surface area contributed by atoms with Crippen molar-refractivity contribution < 1.29 is 28.4 Å². The molecular formula is C62H66O6. The molecule has 0 radical (unpaired) electrons. The topological polar surface area (TPSA) is 55.4 Å². The Morgan fingerprint density at radius 2 is 0.941 bits per heavy atom. The van der Waals surface area contributed by atoms with Gasteiger partial charge in [-0.15, -0.1) is 0 Å². The summed E-state index contributed by atoms with van der Waals surface area (Å²) in [5, 5.41) is 2.15. The molecule has 0 saturated heterocycles. The minimum atomic E-state index is -0.204. The smallest absolute Gasteiger partial charge is 0.142 e. The lowest BCUT2D eigenvalue weighted by Crippen LogP contribution is -2.26. The Morgan fingerprint density at radius 3 is 1.46 bits per heavy atom. The summed E-state index contributed by atoms with van der Waals surface area (Å²) in [4.78, 5) is 0. The van der Waals surface area contributed by atoms with E-state index < -0.39 is 0 Å². The Balaban J connectivity index is 1.08. The van der Waals surface area contributed by atoms with Crippen LogP contribution >= 0.6 is 0 Å². The summed E-state index contributed by atoms with van der Waals surface area (Å²) in [6.45, 7) is 6.07. The average molecular weight is 907 g/mol. The summed E-state index contributed by atoms with van der Waals surface area (Å²) < 4.78 is 37.9. The first kappa shape index (κ1) is 46.5. The van der Waals surface area contributed by atoms with E-state index in [1.54, 1.807) is 7.11 Å². The number of benzene rings is 7. The quantitative estimate of drug-likeness (QED) is 0.172. The Kier molecular flexibility index (Phi) is 15.3. The fourth-order valence-electron chi connectivity index (χ4n) is 10.4. The molecule has 0 saturated carbocycles. The first-order valence-corrected chi connectivity index (χ1v) is 25.2. The number of methoxy groups -OCH3 is 1. The molecule has 6 nitrogen and oxygen atoms in total. The van der Waals surface area contributed by atoms with E-state index in [9.17, 15) is 0 Å². The minimum absolute atomic E-state index is 0.204. The van der Waals surface area contributed by atoms with Crippen LogP contribution in [0.4, 0.5) is 0 Å². The van der Waals surface area contributed by atoms with Gasteiger partial charge in [-0.3, -0.25) is 0 Å². The molecule has 0 fully saturated rings. The maximum Gasteiger partial charge on any atom is 0.142 e. The van der Waals surface area contributed by atoms with E-state index in [-0.39, 0.29) is 5.41 Å². The monoisotopic (exact) mass is 906 g/mol. The maximum atomic E-state index is 7.20. The lowest BCUT2D eigenvalue weighted by molar-refractivity contribution is 0.302. The summed E-state index contributed by atoms with van der Waals surface area (Å²) in [7, 11) is 1.72. The molecule has 350 valence electrons. The standard InChI is InChI=1S/C62H66O6/c1-4-40-62(41-5-2)58-19-15-14-18-55(58)59-54-39-37-53(63-3)44-57(54)61-56(60(59)62)38-22-45-20-23-48(24-21-45)66-49-29-25-46(26-30-49)64-42-16-12-10-8-6-7-9-11-13-17-43-65-47-27-31-50(32-28-47)67-51-33-35-52(68-61)36-34-51/h14-15,18-39,44H,4-13,16-17,40-43H2,1-3H3/b38-22-. The Labute approximate surface area is 403 Å². The summed E-state index contributed by atoms with van der Waals surface area (Å²) in [5.41, 5.74) is 7.22. The van der Waals surface area contributed by atoms with Gasteiger partial charge in [-0.05, 0) is 162 Å². The van der Waals surface area contributed by atoms with Crippen LogP contribution in [0, 0.1) is 0 Å². The molecule has 6 heterocycles. The molecule has 7 aliphatic rings. The van der Waals surface area contributed by atoms with Crippen LogP contribution in [0.2, 0.25) is 0 Å². The lowest BCUT2D eigenvalue weighted by atomic mass is 9.69. The SMILES string of the molecule is CCCC1(CCC)c2ccccc2-c2c1c1c(c3cc(OC)ccc23)Oc2ccc(cc2)Oc2ccc(cc2)OCCCCCCCCCCCCOc2ccc(cc2)Oc2ccc(cc2)/C=C\1. The highest BCUT2D eigenvalue weighted by Crippen LogP contribution is 2.60.